The van der Waals surface area contributed by atoms with E-state index in [2.05, 4.69) is 10.3 Å². The van der Waals surface area contributed by atoms with Crippen molar-refractivity contribution in [3.05, 3.63) is 80.5 Å². The molecule has 2 aromatic carbocycles. The topological polar surface area (TPSA) is 84.0 Å². The summed E-state index contributed by atoms with van der Waals surface area (Å²) >= 11 is 0. The van der Waals surface area contributed by atoms with E-state index in [1.807, 2.05) is 30.3 Å². The highest BCUT2D eigenvalue weighted by Gasteiger charge is 2.24. The molecule has 1 aliphatic rings. The van der Waals surface area contributed by atoms with Crippen LogP contribution >= 0.6 is 0 Å². The first-order valence-corrected chi connectivity index (χ1v) is 8.73. The van der Waals surface area contributed by atoms with Gasteiger partial charge in [0.25, 0.3) is 11.5 Å². The summed E-state index contributed by atoms with van der Waals surface area (Å²) in [5.74, 6) is -0.177. The number of aryl methyl sites for hydroxylation is 1. The molecule has 2 N–H and O–H groups in total. The number of aromatic amines is 1. The summed E-state index contributed by atoms with van der Waals surface area (Å²) in [6.07, 6.45) is 2.60. The summed E-state index contributed by atoms with van der Waals surface area (Å²) in [4.78, 5) is 39.9. The minimum Gasteiger partial charge on any atom is -0.349 e. The van der Waals surface area contributed by atoms with Crippen molar-refractivity contribution in [2.45, 2.75) is 31.8 Å². The lowest BCUT2D eigenvalue weighted by molar-refractivity contribution is 0.0951. The third kappa shape index (κ3) is 3.31. The second-order valence-corrected chi connectivity index (χ2v) is 6.63. The highest BCUT2D eigenvalue weighted by molar-refractivity contribution is 5.97. The Labute approximate surface area is 149 Å². The number of rotatable bonds is 5. The van der Waals surface area contributed by atoms with Crippen molar-refractivity contribution in [3.63, 3.8) is 0 Å². The number of nitrogens with zero attached hydrogens (tertiary/aromatic N) is 1. The number of amides is 1. The molecular weight excluding hydrogens is 330 g/mol. The van der Waals surface area contributed by atoms with Crippen LogP contribution in [0, 0.1) is 0 Å². The second-order valence-electron chi connectivity index (χ2n) is 6.63. The number of aromatic nitrogens is 2. The van der Waals surface area contributed by atoms with Crippen LogP contribution in [-0.4, -0.2) is 21.5 Å². The van der Waals surface area contributed by atoms with Gasteiger partial charge in [-0.25, -0.2) is 4.79 Å². The van der Waals surface area contributed by atoms with Crippen molar-refractivity contribution in [1.82, 2.24) is 14.9 Å². The molecule has 0 unspecified atom stereocenters. The highest BCUT2D eigenvalue weighted by Crippen LogP contribution is 2.19. The molecule has 6 nitrogen and oxygen atoms in total. The third-order valence-electron chi connectivity index (χ3n) is 4.62. The molecule has 0 atom stereocenters. The Bertz CT molecular complexity index is 1080. The van der Waals surface area contributed by atoms with Gasteiger partial charge in [0.15, 0.2) is 0 Å². The van der Waals surface area contributed by atoms with E-state index in [0.717, 1.165) is 18.4 Å². The van der Waals surface area contributed by atoms with Crippen LogP contribution < -0.4 is 16.6 Å². The van der Waals surface area contributed by atoms with Crippen molar-refractivity contribution in [1.29, 1.82) is 0 Å². The monoisotopic (exact) mass is 349 g/mol. The minimum atomic E-state index is -0.460. The number of hydrogen-bond acceptors (Lipinski definition) is 3. The van der Waals surface area contributed by atoms with Gasteiger partial charge < -0.3 is 10.3 Å². The largest absolute Gasteiger partial charge is 0.349 e. The van der Waals surface area contributed by atoms with Gasteiger partial charge in [-0.1, -0.05) is 30.3 Å². The Balaban J connectivity index is 1.64. The molecule has 4 rings (SSSR count). The quantitative estimate of drug-likeness (QED) is 0.737. The Hall–Kier alpha value is -3.15. The van der Waals surface area contributed by atoms with Crippen molar-refractivity contribution in [3.8, 4) is 0 Å². The Morgan fingerprint density at radius 3 is 2.62 bits per heavy atom. The maximum Gasteiger partial charge on any atom is 0.328 e. The number of carbonyl (C=O) groups is 1. The summed E-state index contributed by atoms with van der Waals surface area (Å²) in [7, 11) is 0. The van der Waals surface area contributed by atoms with Gasteiger partial charge in [0, 0.05) is 18.2 Å². The van der Waals surface area contributed by atoms with Crippen LogP contribution in [0.4, 0.5) is 0 Å². The molecule has 0 aliphatic heterocycles. The maximum atomic E-state index is 12.7. The van der Waals surface area contributed by atoms with E-state index in [4.69, 9.17) is 0 Å². The second kappa shape index (κ2) is 6.63. The average molecular weight is 349 g/mol. The van der Waals surface area contributed by atoms with Gasteiger partial charge >= 0.3 is 5.69 Å². The summed E-state index contributed by atoms with van der Waals surface area (Å²) in [5.41, 5.74) is 1.10. The van der Waals surface area contributed by atoms with Crippen LogP contribution in [0.25, 0.3) is 10.9 Å². The Morgan fingerprint density at radius 2 is 1.88 bits per heavy atom. The van der Waals surface area contributed by atoms with Gasteiger partial charge in [0.1, 0.15) is 0 Å². The molecule has 132 valence electrons. The lowest BCUT2D eigenvalue weighted by Gasteiger charge is -2.08. The van der Waals surface area contributed by atoms with Crippen LogP contribution in [0.3, 0.4) is 0 Å². The van der Waals surface area contributed by atoms with Crippen LogP contribution in [0.1, 0.15) is 28.8 Å². The fourth-order valence-corrected chi connectivity index (χ4v) is 2.98. The van der Waals surface area contributed by atoms with Gasteiger partial charge in [-0.2, -0.15) is 0 Å². The number of fused-ring (bicyclic) bond motifs is 1. The van der Waals surface area contributed by atoms with E-state index in [1.165, 1.54) is 4.57 Å². The van der Waals surface area contributed by atoms with Gasteiger partial charge in [-0.3, -0.25) is 14.2 Å². The minimum absolute atomic E-state index is 0.177. The smallest absolute Gasteiger partial charge is 0.328 e. The number of H-pyrrole nitrogens is 1. The van der Waals surface area contributed by atoms with Crippen LogP contribution in [-0.2, 0) is 13.0 Å². The zero-order valence-corrected chi connectivity index (χ0v) is 14.2. The summed E-state index contributed by atoms with van der Waals surface area (Å²) < 4.78 is 1.21. The van der Waals surface area contributed by atoms with Gasteiger partial charge in [0.2, 0.25) is 0 Å². The molecule has 26 heavy (non-hydrogen) atoms. The molecule has 0 bridgehead atoms. The summed E-state index contributed by atoms with van der Waals surface area (Å²) in [6.45, 7) is 0.304. The van der Waals surface area contributed by atoms with Crippen molar-refractivity contribution in [2.24, 2.45) is 0 Å². The molecule has 1 heterocycles. The molecule has 0 saturated heterocycles. The zero-order valence-electron chi connectivity index (χ0n) is 14.2. The molecule has 0 radical (unpaired) electrons. The van der Waals surface area contributed by atoms with Crippen molar-refractivity contribution >= 4 is 16.8 Å². The lowest BCUT2D eigenvalue weighted by Crippen LogP contribution is -2.35. The van der Waals surface area contributed by atoms with Gasteiger partial charge in [-0.15, -0.1) is 0 Å². The molecule has 1 amide bonds. The first-order chi connectivity index (χ1) is 12.6. The molecule has 6 heteroatoms. The number of hydrogen-bond donors (Lipinski definition) is 2. The molecular formula is C20H19N3O3. The van der Waals surface area contributed by atoms with Gasteiger partial charge in [0.05, 0.1) is 10.9 Å². The number of nitrogens with one attached hydrogen (secondary N) is 2. The summed E-state index contributed by atoms with van der Waals surface area (Å²) in [6, 6.07) is 14.8. The predicted molar refractivity (Wildman–Crippen MR) is 99.5 cm³/mol. The predicted octanol–water partition coefficient (Wildman–Crippen LogP) is 1.82. The fourth-order valence-electron chi connectivity index (χ4n) is 2.98. The third-order valence-corrected chi connectivity index (χ3v) is 4.62. The molecule has 1 fully saturated rings. The molecule has 1 saturated carbocycles. The number of benzene rings is 2. The standard InChI is InChI=1S/C20H19N3O3/c24-18(21-15-7-8-15)14-6-9-16-17(12-14)22-20(26)23(19(16)25)11-10-13-4-2-1-3-5-13/h1-6,9,12,15H,7-8,10-11H2,(H,21,24)(H,22,26). The normalized spacial score (nSPS) is 13.7. The zero-order chi connectivity index (χ0) is 18.1. The molecule has 1 aliphatic carbocycles. The summed E-state index contributed by atoms with van der Waals surface area (Å²) in [5, 5.41) is 3.30. The molecule has 0 spiro atoms. The molecule has 3 aromatic rings. The Kier molecular flexibility index (Phi) is 4.16. The highest BCUT2D eigenvalue weighted by atomic mass is 16.2. The van der Waals surface area contributed by atoms with Crippen molar-refractivity contribution < 1.29 is 4.79 Å². The SMILES string of the molecule is O=C(NC1CC1)c1ccc2c(=O)n(CCc3ccccc3)c(=O)[nH]c2c1. The van der Waals surface area contributed by atoms with E-state index in [9.17, 15) is 14.4 Å². The number of carbonyl (C=O) groups excluding carboxylic acids is 1. The van der Waals surface area contributed by atoms with Gasteiger partial charge in [-0.05, 0) is 43.0 Å². The lowest BCUT2D eigenvalue weighted by atomic mass is 10.1. The Morgan fingerprint density at radius 1 is 1.12 bits per heavy atom. The van der Waals surface area contributed by atoms with E-state index < -0.39 is 5.69 Å². The van der Waals surface area contributed by atoms with E-state index >= 15 is 0 Å². The average Bonchev–Trinajstić information content (AvgIpc) is 3.46. The van der Waals surface area contributed by atoms with Crippen molar-refractivity contribution in [2.75, 3.05) is 0 Å². The van der Waals surface area contributed by atoms with E-state index in [0.29, 0.717) is 29.4 Å². The van der Waals surface area contributed by atoms with Crippen LogP contribution in [0.15, 0.2) is 58.1 Å². The van der Waals surface area contributed by atoms with Crippen LogP contribution in [0.5, 0.6) is 0 Å². The maximum absolute atomic E-state index is 12.7. The van der Waals surface area contributed by atoms with Crippen LogP contribution in [0.2, 0.25) is 0 Å². The fraction of sp³-hybridized carbons (Fsp3) is 0.250. The van der Waals surface area contributed by atoms with E-state index in [-0.39, 0.29) is 17.5 Å². The first-order valence-electron chi connectivity index (χ1n) is 8.73. The first kappa shape index (κ1) is 16.3. The van der Waals surface area contributed by atoms with E-state index in [1.54, 1.807) is 18.2 Å². The molecule has 1 aromatic heterocycles.